The van der Waals surface area contributed by atoms with E-state index in [2.05, 4.69) is 9.71 Å². The molecule has 1 heterocycles. The Morgan fingerprint density at radius 3 is 2.33 bits per heavy atom. The average molecular weight is 340 g/mol. The summed E-state index contributed by atoms with van der Waals surface area (Å²) in [6.45, 7) is 6.23. The Morgan fingerprint density at radius 1 is 0.958 bits per heavy atom. The summed E-state index contributed by atoms with van der Waals surface area (Å²) < 4.78 is 27.7. The summed E-state index contributed by atoms with van der Waals surface area (Å²) in [6, 6.07) is 15.5. The number of nitrogens with zero attached hydrogens (tertiary/aromatic N) is 1. The van der Waals surface area contributed by atoms with Crippen molar-refractivity contribution in [3.05, 3.63) is 76.4 Å². The molecule has 4 nitrogen and oxygen atoms in total. The molecule has 5 heteroatoms. The normalized spacial score (nSPS) is 18.0. The Balaban J connectivity index is 2.00. The van der Waals surface area contributed by atoms with Crippen LogP contribution in [0.4, 0.5) is 0 Å². The van der Waals surface area contributed by atoms with Crippen molar-refractivity contribution < 1.29 is 8.42 Å². The van der Waals surface area contributed by atoms with Crippen molar-refractivity contribution >= 4 is 20.8 Å². The SMILES string of the molecule is CC1=C(c2ccc(C)c(C)c2)S(=O)(=O)NC1=NCc1ccccc1. The van der Waals surface area contributed by atoms with Crippen molar-refractivity contribution in [1.82, 2.24) is 4.72 Å². The van der Waals surface area contributed by atoms with Crippen LogP contribution in [0.1, 0.15) is 29.2 Å². The predicted octanol–water partition coefficient (Wildman–Crippen LogP) is 3.57. The largest absolute Gasteiger partial charge is 0.264 e. The van der Waals surface area contributed by atoms with Crippen LogP contribution in [0.2, 0.25) is 0 Å². The maximum atomic E-state index is 12.5. The third kappa shape index (κ3) is 3.12. The second kappa shape index (κ2) is 6.24. The van der Waals surface area contributed by atoms with E-state index in [1.807, 2.05) is 62.4 Å². The zero-order chi connectivity index (χ0) is 17.3. The molecule has 1 aliphatic heterocycles. The molecule has 0 amide bonds. The Morgan fingerprint density at radius 2 is 1.67 bits per heavy atom. The van der Waals surface area contributed by atoms with Crippen molar-refractivity contribution in [2.24, 2.45) is 4.99 Å². The number of aryl methyl sites for hydroxylation is 2. The van der Waals surface area contributed by atoms with E-state index in [0.29, 0.717) is 28.4 Å². The smallest absolute Gasteiger partial charge is 0.263 e. The van der Waals surface area contributed by atoms with Gasteiger partial charge in [-0.05, 0) is 43.0 Å². The van der Waals surface area contributed by atoms with E-state index in [9.17, 15) is 8.42 Å². The average Bonchev–Trinajstić information content (AvgIpc) is 2.78. The summed E-state index contributed by atoms with van der Waals surface area (Å²) in [5.41, 5.74) is 4.61. The highest BCUT2D eigenvalue weighted by Crippen LogP contribution is 2.30. The van der Waals surface area contributed by atoms with Crippen molar-refractivity contribution in [1.29, 1.82) is 0 Å². The number of rotatable bonds is 3. The van der Waals surface area contributed by atoms with Gasteiger partial charge in [0, 0.05) is 5.57 Å². The molecule has 0 radical (unpaired) electrons. The first-order valence-corrected chi connectivity index (χ1v) is 9.27. The molecule has 2 aromatic rings. The first-order chi connectivity index (χ1) is 11.4. The van der Waals surface area contributed by atoms with E-state index in [-0.39, 0.29) is 0 Å². The van der Waals surface area contributed by atoms with Crippen LogP contribution in [0.3, 0.4) is 0 Å². The molecule has 1 N–H and O–H groups in total. The van der Waals surface area contributed by atoms with Gasteiger partial charge >= 0.3 is 0 Å². The number of hydrogen-bond donors (Lipinski definition) is 1. The van der Waals surface area contributed by atoms with Crippen LogP contribution >= 0.6 is 0 Å². The van der Waals surface area contributed by atoms with E-state index in [0.717, 1.165) is 16.7 Å². The molecule has 0 aliphatic carbocycles. The number of amidine groups is 1. The molecule has 3 rings (SSSR count). The molecule has 124 valence electrons. The van der Waals surface area contributed by atoms with Crippen LogP contribution in [0.15, 0.2) is 59.1 Å². The Labute approximate surface area is 143 Å². The molecule has 2 aromatic carbocycles. The van der Waals surface area contributed by atoms with Crippen molar-refractivity contribution in [3.8, 4) is 0 Å². The topological polar surface area (TPSA) is 58.5 Å². The summed E-state index contributed by atoms with van der Waals surface area (Å²) in [7, 11) is -3.57. The minimum atomic E-state index is -3.57. The van der Waals surface area contributed by atoms with Gasteiger partial charge in [-0.1, -0.05) is 48.5 Å². The fraction of sp³-hybridized carbons (Fsp3) is 0.211. The lowest BCUT2D eigenvalue weighted by atomic mass is 10.0. The molecule has 0 unspecified atom stereocenters. The highest BCUT2D eigenvalue weighted by atomic mass is 32.2. The summed E-state index contributed by atoms with van der Waals surface area (Å²) in [6.07, 6.45) is 0. The standard InChI is InChI=1S/C19H20N2O2S/c1-13-9-10-17(11-14(13)2)18-15(3)19(21-24(18,22)23)20-12-16-7-5-4-6-8-16/h4-11H,12H2,1-3H3,(H,20,21). The first-order valence-electron chi connectivity index (χ1n) is 7.78. The molecule has 0 saturated carbocycles. The van der Waals surface area contributed by atoms with E-state index in [1.165, 1.54) is 0 Å². The molecular weight excluding hydrogens is 320 g/mol. The summed E-state index contributed by atoms with van der Waals surface area (Å²) in [4.78, 5) is 4.77. The Kier molecular flexibility index (Phi) is 4.28. The van der Waals surface area contributed by atoms with E-state index in [4.69, 9.17) is 0 Å². The third-order valence-electron chi connectivity index (χ3n) is 4.23. The van der Waals surface area contributed by atoms with Gasteiger partial charge in [0.2, 0.25) is 0 Å². The number of sulfonamides is 1. The van der Waals surface area contributed by atoms with Gasteiger partial charge in [0.15, 0.2) is 0 Å². The summed E-state index contributed by atoms with van der Waals surface area (Å²) >= 11 is 0. The molecule has 0 atom stereocenters. The monoisotopic (exact) mass is 340 g/mol. The minimum absolute atomic E-state index is 0.317. The molecule has 0 bridgehead atoms. The lowest BCUT2D eigenvalue weighted by Gasteiger charge is -2.06. The maximum absolute atomic E-state index is 12.5. The lowest BCUT2D eigenvalue weighted by Crippen LogP contribution is -2.23. The summed E-state index contributed by atoms with van der Waals surface area (Å²) in [5.74, 6) is 0.423. The van der Waals surface area contributed by atoms with Crippen LogP contribution in [-0.2, 0) is 16.6 Å². The molecule has 24 heavy (non-hydrogen) atoms. The third-order valence-corrected chi connectivity index (χ3v) is 5.77. The second-order valence-electron chi connectivity index (χ2n) is 6.01. The second-order valence-corrected chi connectivity index (χ2v) is 7.63. The van der Waals surface area contributed by atoms with Crippen molar-refractivity contribution in [2.45, 2.75) is 27.3 Å². The van der Waals surface area contributed by atoms with Crippen LogP contribution in [0.25, 0.3) is 4.91 Å². The number of nitrogens with one attached hydrogen (secondary N) is 1. The Bertz CT molecular complexity index is 943. The maximum Gasteiger partial charge on any atom is 0.264 e. The molecule has 0 fully saturated rings. The molecule has 1 aliphatic rings. The zero-order valence-corrected chi connectivity index (χ0v) is 14.8. The van der Waals surface area contributed by atoms with Gasteiger partial charge in [-0.25, -0.2) is 8.42 Å². The quantitative estimate of drug-likeness (QED) is 0.928. The molecule has 0 saturated heterocycles. The summed E-state index contributed by atoms with van der Waals surface area (Å²) in [5, 5.41) is 0. The van der Waals surface area contributed by atoms with Gasteiger partial charge in [-0.3, -0.25) is 9.71 Å². The van der Waals surface area contributed by atoms with Gasteiger partial charge in [-0.15, -0.1) is 0 Å². The van der Waals surface area contributed by atoms with Crippen LogP contribution in [0.5, 0.6) is 0 Å². The highest BCUT2D eigenvalue weighted by molar-refractivity contribution is 8.00. The number of aliphatic imine (C=N–C) groups is 1. The Hall–Kier alpha value is -2.40. The van der Waals surface area contributed by atoms with Crippen molar-refractivity contribution in [3.63, 3.8) is 0 Å². The minimum Gasteiger partial charge on any atom is -0.263 e. The molecule has 0 spiro atoms. The van der Waals surface area contributed by atoms with Gasteiger partial charge in [0.25, 0.3) is 10.0 Å². The van der Waals surface area contributed by atoms with E-state index in [1.54, 1.807) is 6.92 Å². The number of hydrogen-bond acceptors (Lipinski definition) is 3. The van der Waals surface area contributed by atoms with Gasteiger partial charge in [-0.2, -0.15) is 0 Å². The van der Waals surface area contributed by atoms with Gasteiger partial charge in [0.05, 0.1) is 6.54 Å². The van der Waals surface area contributed by atoms with Crippen LogP contribution < -0.4 is 4.72 Å². The van der Waals surface area contributed by atoms with Gasteiger partial charge < -0.3 is 0 Å². The molecule has 0 aromatic heterocycles. The van der Waals surface area contributed by atoms with E-state index < -0.39 is 10.0 Å². The predicted molar refractivity (Wildman–Crippen MR) is 98.1 cm³/mol. The first kappa shape index (κ1) is 16.5. The van der Waals surface area contributed by atoms with Crippen molar-refractivity contribution in [2.75, 3.05) is 0 Å². The van der Waals surface area contributed by atoms with Crippen LogP contribution in [-0.4, -0.2) is 14.3 Å². The highest BCUT2D eigenvalue weighted by Gasteiger charge is 2.32. The van der Waals surface area contributed by atoms with Gasteiger partial charge in [0.1, 0.15) is 10.7 Å². The number of benzene rings is 2. The molecular formula is C19H20N2O2S. The fourth-order valence-corrected chi connectivity index (χ4v) is 4.23. The van der Waals surface area contributed by atoms with Crippen LogP contribution in [0, 0.1) is 13.8 Å². The lowest BCUT2D eigenvalue weighted by molar-refractivity contribution is 0.603. The van der Waals surface area contributed by atoms with E-state index >= 15 is 0 Å². The zero-order valence-electron chi connectivity index (χ0n) is 14.0. The fourth-order valence-electron chi connectivity index (χ4n) is 2.72.